The molecule has 1 heterocycles. The number of halogens is 5. The van der Waals surface area contributed by atoms with Gasteiger partial charge in [-0.05, 0) is 52.1 Å². The molecule has 20 heavy (non-hydrogen) atoms. The van der Waals surface area contributed by atoms with Gasteiger partial charge in [-0.1, -0.05) is 6.07 Å². The molecule has 0 aliphatic carbocycles. The summed E-state index contributed by atoms with van der Waals surface area (Å²) in [5, 5.41) is 4.83. The summed E-state index contributed by atoms with van der Waals surface area (Å²) < 4.78 is 52.1. The quantitative estimate of drug-likeness (QED) is 0.754. The van der Waals surface area contributed by atoms with Gasteiger partial charge in [-0.3, -0.25) is 0 Å². The van der Waals surface area contributed by atoms with Crippen LogP contribution in [-0.2, 0) is 6.18 Å². The number of hydrogen-bond donors (Lipinski definition) is 1. The summed E-state index contributed by atoms with van der Waals surface area (Å²) >= 11 is 4.81. The normalized spacial score (nSPS) is 13.5. The summed E-state index contributed by atoms with van der Waals surface area (Å²) in [5.41, 5.74) is -0.803. The van der Waals surface area contributed by atoms with E-state index in [1.54, 1.807) is 7.05 Å². The predicted octanol–water partition coefficient (Wildman–Crippen LogP) is 4.98. The molecule has 0 aliphatic rings. The largest absolute Gasteiger partial charge is 0.419 e. The van der Waals surface area contributed by atoms with Crippen LogP contribution in [0.4, 0.5) is 17.6 Å². The number of hydrogen-bond acceptors (Lipinski definition) is 2. The van der Waals surface area contributed by atoms with Gasteiger partial charge in [-0.15, -0.1) is 11.3 Å². The van der Waals surface area contributed by atoms with Crippen molar-refractivity contribution in [2.75, 3.05) is 7.05 Å². The van der Waals surface area contributed by atoms with Gasteiger partial charge < -0.3 is 5.32 Å². The van der Waals surface area contributed by atoms with Gasteiger partial charge in [0.25, 0.3) is 0 Å². The highest BCUT2D eigenvalue weighted by atomic mass is 79.9. The van der Waals surface area contributed by atoms with Crippen molar-refractivity contribution in [1.82, 2.24) is 5.32 Å². The minimum Gasteiger partial charge on any atom is -0.309 e. The molecule has 1 atom stereocenters. The Morgan fingerprint density at radius 2 is 1.95 bits per heavy atom. The lowest BCUT2D eigenvalue weighted by Crippen LogP contribution is -2.18. The summed E-state index contributed by atoms with van der Waals surface area (Å²) in [6, 6.07) is 4.47. The molecule has 7 heteroatoms. The van der Waals surface area contributed by atoms with Gasteiger partial charge >= 0.3 is 6.18 Å². The summed E-state index contributed by atoms with van der Waals surface area (Å²) in [5.74, 6) is -1.26. The van der Waals surface area contributed by atoms with E-state index in [-0.39, 0.29) is 6.04 Å². The van der Waals surface area contributed by atoms with Gasteiger partial charge in [-0.25, -0.2) is 4.39 Å². The zero-order valence-electron chi connectivity index (χ0n) is 10.3. The van der Waals surface area contributed by atoms with E-state index < -0.39 is 17.6 Å². The highest BCUT2D eigenvalue weighted by Gasteiger charge is 2.34. The number of nitrogens with one attached hydrogen (secondary N) is 1. The van der Waals surface area contributed by atoms with Crippen LogP contribution >= 0.6 is 27.3 Å². The van der Waals surface area contributed by atoms with Crippen molar-refractivity contribution >= 4 is 27.3 Å². The number of rotatable bonds is 3. The first kappa shape index (κ1) is 15.5. The smallest absolute Gasteiger partial charge is 0.309 e. The van der Waals surface area contributed by atoms with Crippen LogP contribution in [0.25, 0.3) is 0 Å². The number of thiophene rings is 1. The maximum Gasteiger partial charge on any atom is 0.419 e. The van der Waals surface area contributed by atoms with Gasteiger partial charge in [-0.2, -0.15) is 13.2 Å². The van der Waals surface area contributed by atoms with E-state index in [4.69, 9.17) is 0 Å². The van der Waals surface area contributed by atoms with Crippen molar-refractivity contribution in [3.05, 3.63) is 55.9 Å². The monoisotopic (exact) mass is 367 g/mol. The Kier molecular flexibility index (Phi) is 4.51. The predicted molar refractivity (Wildman–Crippen MR) is 74.3 cm³/mol. The second-order valence-electron chi connectivity index (χ2n) is 4.09. The van der Waals surface area contributed by atoms with E-state index >= 15 is 0 Å². The molecule has 108 valence electrons. The maximum atomic E-state index is 13.6. The maximum absolute atomic E-state index is 13.6. The minimum absolute atomic E-state index is 0.360. The van der Waals surface area contributed by atoms with Crippen LogP contribution in [0.5, 0.6) is 0 Å². The lowest BCUT2D eigenvalue weighted by Gasteiger charge is -2.17. The molecule has 0 saturated heterocycles. The van der Waals surface area contributed by atoms with Crippen molar-refractivity contribution in [3.63, 3.8) is 0 Å². The molecule has 0 bridgehead atoms. The average Bonchev–Trinajstić information content (AvgIpc) is 2.75. The molecule has 0 spiro atoms. The van der Waals surface area contributed by atoms with E-state index in [9.17, 15) is 17.6 Å². The first-order chi connectivity index (χ1) is 9.34. The Morgan fingerprint density at radius 1 is 1.25 bits per heavy atom. The fraction of sp³-hybridized carbons (Fsp3) is 0.231. The van der Waals surface area contributed by atoms with Gasteiger partial charge in [0.1, 0.15) is 5.82 Å². The Balaban J connectivity index is 2.43. The summed E-state index contributed by atoms with van der Waals surface area (Å²) in [7, 11) is 1.67. The number of benzene rings is 1. The fourth-order valence-corrected chi connectivity index (χ4v) is 3.64. The third-order valence-corrected chi connectivity index (χ3v) is 4.76. The van der Waals surface area contributed by atoms with E-state index in [1.165, 1.54) is 17.4 Å². The molecular formula is C13H10BrF4NS. The molecule has 0 saturated carbocycles. The number of alkyl halides is 3. The molecule has 1 aromatic heterocycles. The second-order valence-corrected chi connectivity index (χ2v) is 5.89. The van der Waals surface area contributed by atoms with Gasteiger partial charge in [0.2, 0.25) is 0 Å². The third-order valence-electron chi connectivity index (χ3n) is 2.83. The Morgan fingerprint density at radius 3 is 2.40 bits per heavy atom. The van der Waals surface area contributed by atoms with Crippen LogP contribution < -0.4 is 5.32 Å². The minimum atomic E-state index is -4.68. The Bertz CT molecular complexity index is 609. The van der Waals surface area contributed by atoms with Gasteiger partial charge in [0.05, 0.1) is 11.6 Å². The third kappa shape index (κ3) is 3.05. The summed E-state index contributed by atoms with van der Waals surface area (Å²) in [6.45, 7) is 0. The molecule has 0 radical (unpaired) electrons. The zero-order chi connectivity index (χ0) is 14.9. The van der Waals surface area contributed by atoms with Crippen LogP contribution in [-0.4, -0.2) is 7.05 Å². The lowest BCUT2D eigenvalue weighted by molar-refractivity contribution is -0.140. The van der Waals surface area contributed by atoms with Crippen LogP contribution in [0.2, 0.25) is 0 Å². The molecule has 1 unspecified atom stereocenters. The first-order valence-electron chi connectivity index (χ1n) is 5.61. The van der Waals surface area contributed by atoms with E-state index in [2.05, 4.69) is 21.2 Å². The van der Waals surface area contributed by atoms with Crippen molar-refractivity contribution in [3.8, 4) is 0 Å². The Labute approximate surface area is 125 Å². The van der Waals surface area contributed by atoms with E-state index in [1.807, 2.05) is 11.4 Å². The van der Waals surface area contributed by atoms with Crippen molar-refractivity contribution in [2.45, 2.75) is 12.2 Å². The highest BCUT2D eigenvalue weighted by Crippen LogP contribution is 2.36. The standard InChI is InChI=1S/C13H10BrF4NS/c1-19-11(12-9(14)4-5-20-12)7-2-3-8(10(15)6-7)13(16,17)18/h2-6,11,19H,1H3. The molecule has 0 fully saturated rings. The highest BCUT2D eigenvalue weighted by molar-refractivity contribution is 9.10. The average molecular weight is 368 g/mol. The molecule has 1 N–H and O–H groups in total. The van der Waals surface area contributed by atoms with Crippen molar-refractivity contribution in [2.24, 2.45) is 0 Å². The van der Waals surface area contributed by atoms with Crippen LogP contribution in [0.1, 0.15) is 22.0 Å². The molecule has 0 amide bonds. The van der Waals surface area contributed by atoms with Crippen molar-refractivity contribution in [1.29, 1.82) is 0 Å². The van der Waals surface area contributed by atoms with E-state index in [0.717, 1.165) is 21.5 Å². The fourth-order valence-electron chi connectivity index (χ4n) is 1.90. The zero-order valence-corrected chi connectivity index (χ0v) is 12.7. The molecule has 1 aromatic carbocycles. The van der Waals surface area contributed by atoms with Crippen LogP contribution in [0.15, 0.2) is 34.1 Å². The van der Waals surface area contributed by atoms with E-state index in [0.29, 0.717) is 5.56 Å². The van der Waals surface area contributed by atoms with Crippen LogP contribution in [0, 0.1) is 5.82 Å². The van der Waals surface area contributed by atoms with Crippen LogP contribution in [0.3, 0.4) is 0 Å². The molecular weight excluding hydrogens is 358 g/mol. The first-order valence-corrected chi connectivity index (χ1v) is 7.28. The topological polar surface area (TPSA) is 12.0 Å². The molecule has 1 nitrogen and oxygen atoms in total. The molecule has 2 rings (SSSR count). The Hall–Kier alpha value is -0.920. The summed E-state index contributed by atoms with van der Waals surface area (Å²) in [4.78, 5) is 0.881. The van der Waals surface area contributed by atoms with Gasteiger partial charge in [0.15, 0.2) is 0 Å². The van der Waals surface area contributed by atoms with Gasteiger partial charge in [0, 0.05) is 9.35 Å². The SMILES string of the molecule is CNC(c1ccc(C(F)(F)F)c(F)c1)c1sccc1Br. The summed E-state index contributed by atoms with van der Waals surface area (Å²) in [6.07, 6.45) is -4.68. The van der Waals surface area contributed by atoms with Crippen molar-refractivity contribution < 1.29 is 17.6 Å². The lowest BCUT2D eigenvalue weighted by atomic mass is 10.0. The molecule has 0 aliphatic heterocycles. The second kappa shape index (κ2) is 5.83. The molecule has 2 aromatic rings.